The van der Waals surface area contributed by atoms with Gasteiger partial charge in [-0.2, -0.15) is 0 Å². The van der Waals surface area contributed by atoms with Crippen LogP contribution in [0, 0.1) is 0 Å². The Morgan fingerprint density at radius 3 is 2.71 bits per heavy atom. The zero-order valence-corrected chi connectivity index (χ0v) is 17.7. The minimum absolute atomic E-state index is 0.0489. The monoisotopic (exact) mass is 418 g/mol. The molecule has 0 bridgehead atoms. The summed E-state index contributed by atoms with van der Waals surface area (Å²) in [6.45, 7) is 2.40. The molecule has 1 amide bonds. The molecular formula is C21H26N2O3S2. The maximum Gasteiger partial charge on any atom is 0.235 e. The minimum Gasteiger partial charge on any atom is -0.325 e. The highest BCUT2D eigenvalue weighted by atomic mass is 32.2. The molecule has 150 valence electrons. The van der Waals surface area contributed by atoms with Crippen molar-refractivity contribution in [2.24, 2.45) is 0 Å². The molecule has 0 aromatic heterocycles. The summed E-state index contributed by atoms with van der Waals surface area (Å²) in [7, 11) is -3.28. The first-order valence-electron chi connectivity index (χ1n) is 9.54. The third kappa shape index (κ3) is 5.29. The van der Waals surface area contributed by atoms with Crippen molar-refractivity contribution in [2.45, 2.75) is 31.9 Å². The lowest BCUT2D eigenvalue weighted by molar-refractivity contribution is -0.113. The average Bonchev–Trinajstić information content (AvgIpc) is 2.68. The molecule has 2 aromatic carbocycles. The van der Waals surface area contributed by atoms with Crippen molar-refractivity contribution in [2.75, 3.05) is 27.7 Å². The molecule has 0 radical (unpaired) electrons. The highest BCUT2D eigenvalue weighted by Crippen LogP contribution is 2.32. The Morgan fingerprint density at radius 2 is 1.96 bits per heavy atom. The molecule has 0 atom stereocenters. The SMILES string of the molecule is CCCS(=O)(=O)N1CCCc2cc(NC(=O)CSCc3ccccc3)ccc21. The summed E-state index contributed by atoms with van der Waals surface area (Å²) in [4.78, 5) is 12.2. The summed E-state index contributed by atoms with van der Waals surface area (Å²) in [6, 6.07) is 15.6. The fraction of sp³-hybridized carbons (Fsp3) is 0.381. The van der Waals surface area contributed by atoms with Gasteiger partial charge < -0.3 is 5.32 Å². The third-order valence-corrected chi connectivity index (χ3v) is 7.56. The van der Waals surface area contributed by atoms with Crippen molar-refractivity contribution in [1.82, 2.24) is 0 Å². The lowest BCUT2D eigenvalue weighted by Crippen LogP contribution is -2.37. The molecule has 0 spiro atoms. The van der Waals surface area contributed by atoms with E-state index in [0.29, 0.717) is 18.7 Å². The van der Waals surface area contributed by atoms with Gasteiger partial charge in [0.1, 0.15) is 0 Å². The van der Waals surface area contributed by atoms with Crippen LogP contribution in [0.1, 0.15) is 30.9 Å². The molecule has 0 fully saturated rings. The molecule has 2 aromatic rings. The number of carbonyl (C=O) groups is 1. The number of carbonyl (C=O) groups excluding carboxylic acids is 1. The summed E-state index contributed by atoms with van der Waals surface area (Å²) in [5.41, 5.74) is 3.64. The van der Waals surface area contributed by atoms with Crippen LogP contribution in [0.4, 0.5) is 11.4 Å². The molecule has 5 nitrogen and oxygen atoms in total. The number of amides is 1. The normalized spacial score (nSPS) is 13.8. The molecule has 28 heavy (non-hydrogen) atoms. The highest BCUT2D eigenvalue weighted by Gasteiger charge is 2.26. The minimum atomic E-state index is -3.28. The molecule has 1 heterocycles. The van der Waals surface area contributed by atoms with E-state index in [0.717, 1.165) is 35.5 Å². The Balaban J connectivity index is 1.61. The van der Waals surface area contributed by atoms with Gasteiger partial charge in [-0.25, -0.2) is 8.42 Å². The first kappa shape index (κ1) is 20.7. The smallest absolute Gasteiger partial charge is 0.235 e. The fourth-order valence-electron chi connectivity index (χ4n) is 3.33. The molecule has 1 N–H and O–H groups in total. The molecule has 0 saturated heterocycles. The van der Waals surface area contributed by atoms with E-state index in [9.17, 15) is 13.2 Å². The van der Waals surface area contributed by atoms with E-state index in [4.69, 9.17) is 0 Å². The Kier molecular flexibility index (Phi) is 7.02. The summed E-state index contributed by atoms with van der Waals surface area (Å²) >= 11 is 1.57. The van der Waals surface area contributed by atoms with Crippen molar-refractivity contribution in [1.29, 1.82) is 0 Å². The fourth-order valence-corrected chi connectivity index (χ4v) is 5.74. The van der Waals surface area contributed by atoms with Crippen LogP contribution in [0.15, 0.2) is 48.5 Å². The number of thioether (sulfide) groups is 1. The van der Waals surface area contributed by atoms with E-state index < -0.39 is 10.0 Å². The van der Waals surface area contributed by atoms with E-state index in [-0.39, 0.29) is 11.7 Å². The first-order valence-corrected chi connectivity index (χ1v) is 12.3. The Hall–Kier alpha value is -1.99. The van der Waals surface area contributed by atoms with Crippen LogP contribution in [-0.4, -0.2) is 32.4 Å². The zero-order chi connectivity index (χ0) is 20.0. The molecule has 0 saturated carbocycles. The van der Waals surface area contributed by atoms with E-state index in [1.165, 1.54) is 9.87 Å². The number of anilines is 2. The topological polar surface area (TPSA) is 66.5 Å². The number of aryl methyl sites for hydroxylation is 1. The van der Waals surface area contributed by atoms with E-state index in [1.807, 2.05) is 49.4 Å². The maximum atomic E-state index is 12.5. The number of fused-ring (bicyclic) bond motifs is 1. The largest absolute Gasteiger partial charge is 0.325 e. The van der Waals surface area contributed by atoms with Crippen molar-refractivity contribution < 1.29 is 13.2 Å². The van der Waals surface area contributed by atoms with E-state index >= 15 is 0 Å². The van der Waals surface area contributed by atoms with Gasteiger partial charge in [0.25, 0.3) is 0 Å². The van der Waals surface area contributed by atoms with Crippen LogP contribution < -0.4 is 9.62 Å². The quantitative estimate of drug-likeness (QED) is 0.702. The van der Waals surface area contributed by atoms with Gasteiger partial charge in [-0.15, -0.1) is 11.8 Å². The van der Waals surface area contributed by atoms with Gasteiger partial charge in [-0.1, -0.05) is 37.3 Å². The van der Waals surface area contributed by atoms with Crippen LogP contribution >= 0.6 is 11.8 Å². The summed E-state index contributed by atoms with van der Waals surface area (Å²) in [6.07, 6.45) is 2.21. The Bertz CT molecular complexity index is 915. The Morgan fingerprint density at radius 1 is 1.18 bits per heavy atom. The molecule has 3 rings (SSSR count). The number of hydrogen-bond acceptors (Lipinski definition) is 4. The van der Waals surface area contributed by atoms with Gasteiger partial charge in [-0.3, -0.25) is 9.10 Å². The molecule has 0 unspecified atom stereocenters. The average molecular weight is 419 g/mol. The van der Waals surface area contributed by atoms with Crippen molar-refractivity contribution in [3.8, 4) is 0 Å². The van der Waals surface area contributed by atoms with Crippen molar-refractivity contribution >= 4 is 39.1 Å². The van der Waals surface area contributed by atoms with E-state index in [1.54, 1.807) is 17.8 Å². The third-order valence-electron chi connectivity index (χ3n) is 4.58. The van der Waals surface area contributed by atoms with Crippen LogP contribution in [0.25, 0.3) is 0 Å². The van der Waals surface area contributed by atoms with Crippen LogP contribution in [0.3, 0.4) is 0 Å². The summed E-state index contributed by atoms with van der Waals surface area (Å²) in [5, 5.41) is 2.93. The van der Waals surface area contributed by atoms with Gasteiger partial charge in [0.2, 0.25) is 15.9 Å². The molecule has 1 aliphatic rings. The summed E-state index contributed by atoms with van der Waals surface area (Å²) in [5.74, 6) is 1.28. The van der Waals surface area contributed by atoms with E-state index in [2.05, 4.69) is 5.32 Å². The van der Waals surface area contributed by atoms with Crippen molar-refractivity contribution in [3.63, 3.8) is 0 Å². The zero-order valence-electron chi connectivity index (χ0n) is 16.1. The van der Waals surface area contributed by atoms with Gasteiger partial charge in [0.05, 0.1) is 17.2 Å². The number of sulfonamides is 1. The number of nitrogens with one attached hydrogen (secondary N) is 1. The Labute approximate surface area is 171 Å². The second-order valence-corrected chi connectivity index (χ2v) is 9.86. The molecule has 1 aliphatic heterocycles. The molecule has 0 aliphatic carbocycles. The van der Waals surface area contributed by atoms with Gasteiger partial charge in [0, 0.05) is 18.0 Å². The highest BCUT2D eigenvalue weighted by molar-refractivity contribution is 7.99. The second kappa shape index (κ2) is 9.47. The number of benzene rings is 2. The van der Waals surface area contributed by atoms with Crippen LogP contribution in [-0.2, 0) is 27.0 Å². The predicted molar refractivity (Wildman–Crippen MR) is 117 cm³/mol. The van der Waals surface area contributed by atoms with Gasteiger partial charge >= 0.3 is 0 Å². The lowest BCUT2D eigenvalue weighted by Gasteiger charge is -2.30. The van der Waals surface area contributed by atoms with Gasteiger partial charge in [-0.05, 0) is 48.6 Å². The number of hydrogen-bond donors (Lipinski definition) is 1. The van der Waals surface area contributed by atoms with Crippen LogP contribution in [0.5, 0.6) is 0 Å². The first-order chi connectivity index (χ1) is 13.5. The standard InChI is InChI=1S/C21H26N2O3S2/c1-2-13-28(25,26)23-12-6-9-18-14-19(10-11-20(18)23)22-21(24)16-27-15-17-7-4-3-5-8-17/h3-5,7-8,10-11,14H,2,6,9,12-13,15-16H2,1H3,(H,22,24). The van der Waals surface area contributed by atoms with Crippen molar-refractivity contribution in [3.05, 3.63) is 59.7 Å². The van der Waals surface area contributed by atoms with Crippen LogP contribution in [0.2, 0.25) is 0 Å². The predicted octanol–water partition coefficient (Wildman–Crippen LogP) is 4.05. The number of nitrogens with zero attached hydrogens (tertiary/aromatic N) is 1. The second-order valence-electron chi connectivity index (χ2n) is 6.86. The van der Waals surface area contributed by atoms with Gasteiger partial charge in [0.15, 0.2) is 0 Å². The summed E-state index contributed by atoms with van der Waals surface area (Å²) < 4.78 is 26.5. The molecular weight excluding hydrogens is 392 g/mol. The number of rotatable bonds is 8. The molecule has 7 heteroatoms. The lowest BCUT2D eigenvalue weighted by atomic mass is 10.0. The maximum absolute atomic E-state index is 12.5.